The Kier molecular flexibility index (Phi) is 53.8. The molecule has 0 radical (unpaired) electrons. The molecule has 0 aromatic heterocycles. The molecule has 0 heterocycles. The molecule has 408 valence electrons. The van der Waals surface area contributed by atoms with Crippen molar-refractivity contribution in [2.24, 2.45) is 5.73 Å². The monoisotopic (exact) mass is 1010 g/mol. The number of carbonyl (C=O) groups is 2. The molecule has 2 unspecified atom stereocenters. The number of hydrogen-bond acceptors (Lipinski definition) is 8. The maximum atomic E-state index is 12.7. The van der Waals surface area contributed by atoms with Gasteiger partial charge in [-0.1, -0.05) is 233 Å². The third-order valence-corrected chi connectivity index (χ3v) is 12.9. The SMILES string of the molecule is CC/C=C\C/C=C\C/C=C\C/C=C\C/C=C\C/C=C\CCCCCCCCCCCCCCCCCCC(=O)OC(COC(=O)CCCCCCC/C=C\C/C=C\CCCCC)COP(=O)(O)OCCN. The number of esters is 2. The zero-order chi connectivity index (χ0) is 51.7. The van der Waals surface area contributed by atoms with E-state index in [1.165, 1.54) is 109 Å². The van der Waals surface area contributed by atoms with E-state index < -0.39 is 32.5 Å². The summed E-state index contributed by atoms with van der Waals surface area (Å²) in [4.78, 5) is 35.1. The van der Waals surface area contributed by atoms with Gasteiger partial charge in [0.25, 0.3) is 0 Å². The lowest BCUT2D eigenvalue weighted by Gasteiger charge is -2.19. The zero-order valence-electron chi connectivity index (χ0n) is 45.4. The largest absolute Gasteiger partial charge is 0.472 e. The molecule has 0 rings (SSSR count). The van der Waals surface area contributed by atoms with E-state index in [4.69, 9.17) is 24.3 Å². The Bertz CT molecular complexity index is 1480. The Hall–Kier alpha value is -3.07. The Labute approximate surface area is 436 Å². The molecule has 0 aromatic carbocycles. The van der Waals surface area contributed by atoms with E-state index in [0.29, 0.717) is 12.8 Å². The molecule has 0 aliphatic rings. The van der Waals surface area contributed by atoms with Crippen LogP contribution in [0.15, 0.2) is 97.2 Å². The molecular formula is C61H106NO8P. The number of hydrogen-bond donors (Lipinski definition) is 2. The van der Waals surface area contributed by atoms with Crippen LogP contribution in [0.2, 0.25) is 0 Å². The summed E-state index contributed by atoms with van der Waals surface area (Å²) in [6.07, 6.45) is 74.7. The van der Waals surface area contributed by atoms with Crippen LogP contribution in [-0.4, -0.2) is 49.3 Å². The highest BCUT2D eigenvalue weighted by Crippen LogP contribution is 2.43. The molecule has 10 heteroatoms. The number of allylic oxidation sites excluding steroid dienone is 16. The summed E-state index contributed by atoms with van der Waals surface area (Å²) in [5.41, 5.74) is 5.37. The fourth-order valence-corrected chi connectivity index (χ4v) is 8.49. The Morgan fingerprint density at radius 2 is 0.775 bits per heavy atom. The van der Waals surface area contributed by atoms with Crippen LogP contribution in [0.1, 0.15) is 245 Å². The highest BCUT2D eigenvalue weighted by molar-refractivity contribution is 7.47. The first-order valence-corrected chi connectivity index (χ1v) is 30.2. The van der Waals surface area contributed by atoms with Gasteiger partial charge in [0.2, 0.25) is 0 Å². The second-order valence-corrected chi connectivity index (χ2v) is 20.2. The van der Waals surface area contributed by atoms with Gasteiger partial charge in [-0.05, 0) is 96.3 Å². The second-order valence-electron chi connectivity index (χ2n) is 18.8. The topological polar surface area (TPSA) is 134 Å². The van der Waals surface area contributed by atoms with Crippen molar-refractivity contribution < 1.29 is 37.6 Å². The van der Waals surface area contributed by atoms with Gasteiger partial charge in [-0.3, -0.25) is 18.6 Å². The van der Waals surface area contributed by atoms with Gasteiger partial charge in [0.05, 0.1) is 13.2 Å². The maximum absolute atomic E-state index is 12.7. The molecule has 0 spiro atoms. The fourth-order valence-electron chi connectivity index (χ4n) is 7.73. The average molecular weight is 1010 g/mol. The lowest BCUT2D eigenvalue weighted by atomic mass is 10.0. The summed E-state index contributed by atoms with van der Waals surface area (Å²) in [6.45, 7) is 3.59. The van der Waals surface area contributed by atoms with Gasteiger partial charge in [0, 0.05) is 19.4 Å². The number of phosphoric ester groups is 1. The van der Waals surface area contributed by atoms with Crippen molar-refractivity contribution in [1.82, 2.24) is 0 Å². The number of nitrogens with two attached hydrogens (primary N) is 1. The Balaban J connectivity index is 3.91. The van der Waals surface area contributed by atoms with Crippen LogP contribution in [-0.2, 0) is 32.7 Å². The molecule has 0 aliphatic heterocycles. The third kappa shape index (κ3) is 56.1. The highest BCUT2D eigenvalue weighted by Gasteiger charge is 2.26. The smallest absolute Gasteiger partial charge is 0.462 e. The Morgan fingerprint density at radius 3 is 1.15 bits per heavy atom. The fraction of sp³-hybridized carbons (Fsp3) is 0.705. The predicted octanol–water partition coefficient (Wildman–Crippen LogP) is 18.1. The maximum Gasteiger partial charge on any atom is 0.472 e. The molecule has 0 saturated carbocycles. The highest BCUT2D eigenvalue weighted by atomic mass is 31.2. The van der Waals surface area contributed by atoms with Gasteiger partial charge in [0.1, 0.15) is 6.61 Å². The van der Waals surface area contributed by atoms with Gasteiger partial charge in [-0.15, -0.1) is 0 Å². The minimum atomic E-state index is -4.39. The quantitative estimate of drug-likeness (QED) is 0.0264. The van der Waals surface area contributed by atoms with Crippen molar-refractivity contribution in [3.8, 4) is 0 Å². The predicted molar refractivity (Wildman–Crippen MR) is 302 cm³/mol. The minimum absolute atomic E-state index is 0.0485. The van der Waals surface area contributed by atoms with Crippen LogP contribution in [0.5, 0.6) is 0 Å². The van der Waals surface area contributed by atoms with E-state index in [2.05, 4.69) is 111 Å². The van der Waals surface area contributed by atoms with Crippen molar-refractivity contribution in [2.45, 2.75) is 251 Å². The summed E-state index contributed by atoms with van der Waals surface area (Å²) < 4.78 is 33.0. The standard InChI is InChI=1S/C61H106NO8P/c1-3-5-7-9-11-13-15-17-19-20-21-22-23-24-25-26-27-28-29-30-31-32-33-34-35-36-37-38-40-42-44-46-48-50-52-54-61(64)70-59(58-69-71(65,66)68-56-55-62)57-67-60(63)53-51-49-47-45-43-41-39-18-16-14-12-10-8-6-4-2/h5,7,11-14,17-19,21-22,24-25,27-28,39,59H,3-4,6,8-10,15-16,20,23,26,29-38,40-58,62H2,1-2H3,(H,65,66)/b7-5-,13-11-,14-12-,19-17-,22-21-,25-24-,28-27-,39-18-. The number of rotatable bonds is 53. The summed E-state index contributed by atoms with van der Waals surface area (Å²) >= 11 is 0. The van der Waals surface area contributed by atoms with Gasteiger partial charge < -0.3 is 20.1 Å². The molecule has 9 nitrogen and oxygen atoms in total. The van der Waals surface area contributed by atoms with Crippen molar-refractivity contribution in [1.29, 1.82) is 0 Å². The van der Waals surface area contributed by atoms with E-state index in [-0.39, 0.29) is 32.6 Å². The van der Waals surface area contributed by atoms with E-state index in [9.17, 15) is 19.0 Å². The lowest BCUT2D eigenvalue weighted by Crippen LogP contribution is -2.29. The molecule has 0 amide bonds. The summed E-state index contributed by atoms with van der Waals surface area (Å²) in [5.74, 6) is -0.843. The Morgan fingerprint density at radius 1 is 0.437 bits per heavy atom. The number of phosphoric acid groups is 1. The molecular weight excluding hydrogens is 906 g/mol. The van der Waals surface area contributed by atoms with Crippen molar-refractivity contribution in [3.05, 3.63) is 97.2 Å². The average Bonchev–Trinajstić information content (AvgIpc) is 3.36. The molecule has 0 fully saturated rings. The lowest BCUT2D eigenvalue weighted by molar-refractivity contribution is -0.161. The molecule has 0 aliphatic carbocycles. The van der Waals surface area contributed by atoms with Crippen LogP contribution < -0.4 is 5.73 Å². The van der Waals surface area contributed by atoms with Crippen LogP contribution in [0.3, 0.4) is 0 Å². The van der Waals surface area contributed by atoms with Gasteiger partial charge >= 0.3 is 19.8 Å². The normalized spacial score (nSPS) is 13.8. The van der Waals surface area contributed by atoms with Gasteiger partial charge in [-0.25, -0.2) is 4.57 Å². The van der Waals surface area contributed by atoms with Crippen LogP contribution in [0.25, 0.3) is 0 Å². The summed E-state index contributed by atoms with van der Waals surface area (Å²) in [6, 6.07) is 0. The van der Waals surface area contributed by atoms with Crippen molar-refractivity contribution in [2.75, 3.05) is 26.4 Å². The first-order chi connectivity index (χ1) is 34.8. The molecule has 71 heavy (non-hydrogen) atoms. The molecule has 0 bridgehead atoms. The van der Waals surface area contributed by atoms with Crippen LogP contribution >= 0.6 is 7.82 Å². The van der Waals surface area contributed by atoms with E-state index in [1.807, 2.05) is 0 Å². The van der Waals surface area contributed by atoms with Gasteiger partial charge in [0.15, 0.2) is 6.10 Å². The number of unbranched alkanes of at least 4 members (excludes halogenated alkanes) is 24. The first-order valence-electron chi connectivity index (χ1n) is 28.7. The van der Waals surface area contributed by atoms with Crippen LogP contribution in [0.4, 0.5) is 0 Å². The molecule has 0 aromatic rings. The molecule has 0 saturated heterocycles. The van der Waals surface area contributed by atoms with E-state index in [0.717, 1.165) is 96.3 Å². The van der Waals surface area contributed by atoms with E-state index in [1.54, 1.807) is 0 Å². The van der Waals surface area contributed by atoms with E-state index >= 15 is 0 Å². The van der Waals surface area contributed by atoms with Crippen molar-refractivity contribution >= 4 is 19.8 Å². The summed E-state index contributed by atoms with van der Waals surface area (Å²) in [7, 11) is -4.39. The molecule has 2 atom stereocenters. The summed E-state index contributed by atoms with van der Waals surface area (Å²) in [5, 5.41) is 0. The zero-order valence-corrected chi connectivity index (χ0v) is 46.3. The van der Waals surface area contributed by atoms with Crippen LogP contribution in [0, 0.1) is 0 Å². The number of carbonyl (C=O) groups excluding carboxylic acids is 2. The van der Waals surface area contributed by atoms with Gasteiger partial charge in [-0.2, -0.15) is 0 Å². The third-order valence-electron chi connectivity index (χ3n) is 12.0. The second kappa shape index (κ2) is 56.2. The molecule has 3 N–H and O–H groups in total. The number of ether oxygens (including phenoxy) is 2. The first kappa shape index (κ1) is 67.9. The minimum Gasteiger partial charge on any atom is -0.462 e. The van der Waals surface area contributed by atoms with Crippen molar-refractivity contribution in [3.63, 3.8) is 0 Å².